The first-order valence-electron chi connectivity index (χ1n) is 7.54. The zero-order chi connectivity index (χ0) is 14.7. The van der Waals surface area contributed by atoms with E-state index in [1.54, 1.807) is 0 Å². The number of aromatic nitrogens is 2. The highest BCUT2D eigenvalue weighted by atomic mass is 16.5. The van der Waals surface area contributed by atoms with Crippen LogP contribution >= 0.6 is 0 Å². The Kier molecular flexibility index (Phi) is 4.31. The van der Waals surface area contributed by atoms with E-state index >= 15 is 0 Å². The number of benzene rings is 1. The molecule has 0 saturated carbocycles. The van der Waals surface area contributed by atoms with Crippen LogP contribution in [-0.4, -0.2) is 34.2 Å². The highest BCUT2D eigenvalue weighted by Crippen LogP contribution is 2.23. The lowest BCUT2D eigenvalue weighted by molar-refractivity contribution is 0.218. The molecule has 5 heteroatoms. The molecule has 3 rings (SSSR count). The summed E-state index contributed by atoms with van der Waals surface area (Å²) >= 11 is 0. The summed E-state index contributed by atoms with van der Waals surface area (Å²) in [5, 5.41) is 4.08. The zero-order valence-electron chi connectivity index (χ0n) is 12.4. The summed E-state index contributed by atoms with van der Waals surface area (Å²) in [6.45, 7) is 4.73. The minimum Gasteiger partial charge on any atom is -0.338 e. The van der Waals surface area contributed by atoms with Gasteiger partial charge in [-0.25, -0.2) is 0 Å². The second kappa shape index (κ2) is 6.37. The number of nitrogens with zero attached hydrogens (tertiary/aromatic N) is 3. The number of nitrogens with two attached hydrogens (primary N) is 1. The predicted octanol–water partition coefficient (Wildman–Crippen LogP) is 1.83. The maximum Gasteiger partial charge on any atom is 0.240 e. The second-order valence-electron chi connectivity index (χ2n) is 5.88. The first kappa shape index (κ1) is 14.2. The highest BCUT2D eigenvalue weighted by Gasteiger charge is 2.29. The molecule has 0 aliphatic carbocycles. The molecule has 1 aliphatic rings. The highest BCUT2D eigenvalue weighted by molar-refractivity contribution is 5.18. The Balaban J connectivity index is 1.60. The molecular weight excluding hydrogens is 264 g/mol. The van der Waals surface area contributed by atoms with Crippen molar-refractivity contribution in [3.8, 4) is 0 Å². The first-order valence-corrected chi connectivity index (χ1v) is 7.54. The van der Waals surface area contributed by atoms with Crippen LogP contribution in [0.2, 0.25) is 0 Å². The fourth-order valence-corrected chi connectivity index (χ4v) is 2.99. The van der Waals surface area contributed by atoms with Gasteiger partial charge >= 0.3 is 0 Å². The molecule has 0 amide bonds. The Labute approximate surface area is 125 Å². The van der Waals surface area contributed by atoms with Gasteiger partial charge in [0.2, 0.25) is 5.89 Å². The normalized spacial score (nSPS) is 22.8. The summed E-state index contributed by atoms with van der Waals surface area (Å²) in [6, 6.07) is 10.7. The Morgan fingerprint density at radius 1 is 1.33 bits per heavy atom. The van der Waals surface area contributed by atoms with Gasteiger partial charge in [-0.05, 0) is 31.4 Å². The van der Waals surface area contributed by atoms with Gasteiger partial charge in [-0.2, -0.15) is 4.98 Å². The van der Waals surface area contributed by atoms with Gasteiger partial charge in [0, 0.05) is 19.0 Å². The van der Waals surface area contributed by atoms with Crippen LogP contribution in [0.5, 0.6) is 0 Å². The van der Waals surface area contributed by atoms with Gasteiger partial charge in [0.05, 0.1) is 6.54 Å². The second-order valence-corrected chi connectivity index (χ2v) is 5.88. The average Bonchev–Trinajstić information content (AvgIpc) is 3.08. The summed E-state index contributed by atoms with van der Waals surface area (Å²) < 4.78 is 5.38. The van der Waals surface area contributed by atoms with E-state index in [0.717, 1.165) is 31.9 Å². The van der Waals surface area contributed by atoms with Crippen LogP contribution in [0.3, 0.4) is 0 Å². The molecule has 2 aromatic rings. The Morgan fingerprint density at radius 2 is 2.14 bits per heavy atom. The molecule has 1 saturated heterocycles. The van der Waals surface area contributed by atoms with E-state index in [-0.39, 0.29) is 0 Å². The van der Waals surface area contributed by atoms with Crippen molar-refractivity contribution < 1.29 is 4.52 Å². The standard InChI is InChI=1S/C16H22N4O/c1-12-7-14(9-17)10-20(12)11-16-18-15(19-21-16)8-13-5-3-2-4-6-13/h2-6,12,14H,7-11,17H2,1H3. The van der Waals surface area contributed by atoms with Crippen molar-refractivity contribution in [3.63, 3.8) is 0 Å². The molecule has 0 spiro atoms. The monoisotopic (exact) mass is 286 g/mol. The molecule has 2 atom stereocenters. The van der Waals surface area contributed by atoms with Crippen LogP contribution in [0.1, 0.15) is 30.6 Å². The molecule has 2 unspecified atom stereocenters. The molecule has 5 nitrogen and oxygen atoms in total. The van der Waals surface area contributed by atoms with E-state index in [2.05, 4.69) is 34.1 Å². The minimum atomic E-state index is 0.531. The van der Waals surface area contributed by atoms with E-state index in [9.17, 15) is 0 Å². The fraction of sp³-hybridized carbons (Fsp3) is 0.500. The van der Waals surface area contributed by atoms with Gasteiger partial charge in [0.1, 0.15) is 0 Å². The molecule has 1 aromatic heterocycles. The lowest BCUT2D eigenvalue weighted by atomic mass is 10.1. The molecule has 2 N–H and O–H groups in total. The van der Waals surface area contributed by atoms with Crippen molar-refractivity contribution in [2.45, 2.75) is 32.4 Å². The number of rotatable bonds is 5. The zero-order valence-corrected chi connectivity index (χ0v) is 12.4. The predicted molar refractivity (Wildman–Crippen MR) is 80.6 cm³/mol. The van der Waals surface area contributed by atoms with Crippen LogP contribution in [0, 0.1) is 5.92 Å². The summed E-state index contributed by atoms with van der Waals surface area (Å²) in [6.07, 6.45) is 1.87. The van der Waals surface area contributed by atoms with Crippen molar-refractivity contribution in [2.24, 2.45) is 11.7 Å². The van der Waals surface area contributed by atoms with Crippen molar-refractivity contribution in [1.29, 1.82) is 0 Å². The quantitative estimate of drug-likeness (QED) is 0.908. The van der Waals surface area contributed by atoms with Crippen molar-refractivity contribution in [1.82, 2.24) is 15.0 Å². The van der Waals surface area contributed by atoms with Gasteiger partial charge in [-0.15, -0.1) is 0 Å². The smallest absolute Gasteiger partial charge is 0.240 e. The molecule has 0 bridgehead atoms. The van der Waals surface area contributed by atoms with Crippen molar-refractivity contribution in [2.75, 3.05) is 13.1 Å². The summed E-state index contributed by atoms with van der Waals surface area (Å²) in [4.78, 5) is 6.88. The molecular formula is C16H22N4O. The Hall–Kier alpha value is -1.72. The molecule has 0 radical (unpaired) electrons. The molecule has 112 valence electrons. The lowest BCUT2D eigenvalue weighted by Gasteiger charge is -2.18. The van der Waals surface area contributed by atoms with Gasteiger partial charge in [-0.3, -0.25) is 4.90 Å². The summed E-state index contributed by atoms with van der Waals surface area (Å²) in [5.74, 6) is 2.04. The van der Waals surface area contributed by atoms with Crippen molar-refractivity contribution in [3.05, 3.63) is 47.6 Å². The Morgan fingerprint density at radius 3 is 2.86 bits per heavy atom. The SMILES string of the molecule is CC1CC(CN)CN1Cc1nc(Cc2ccccc2)no1. The molecule has 1 aliphatic heterocycles. The van der Waals surface area contributed by atoms with E-state index < -0.39 is 0 Å². The first-order chi connectivity index (χ1) is 10.2. The fourth-order valence-electron chi connectivity index (χ4n) is 2.99. The van der Waals surface area contributed by atoms with Crippen LogP contribution in [0.25, 0.3) is 0 Å². The summed E-state index contributed by atoms with van der Waals surface area (Å²) in [5.41, 5.74) is 6.96. The largest absolute Gasteiger partial charge is 0.338 e. The minimum absolute atomic E-state index is 0.531. The number of likely N-dealkylation sites (tertiary alicyclic amines) is 1. The third kappa shape index (κ3) is 3.49. The third-order valence-corrected chi connectivity index (χ3v) is 4.18. The lowest BCUT2D eigenvalue weighted by Crippen LogP contribution is -2.27. The van der Waals surface area contributed by atoms with E-state index in [1.165, 1.54) is 5.56 Å². The molecule has 1 fully saturated rings. The van der Waals surface area contributed by atoms with Gasteiger partial charge in [-0.1, -0.05) is 35.5 Å². The number of hydrogen-bond donors (Lipinski definition) is 1. The molecule has 21 heavy (non-hydrogen) atoms. The number of hydrogen-bond acceptors (Lipinski definition) is 5. The van der Waals surface area contributed by atoms with Crippen LogP contribution in [0.4, 0.5) is 0 Å². The average molecular weight is 286 g/mol. The van der Waals surface area contributed by atoms with Crippen molar-refractivity contribution >= 4 is 0 Å². The topological polar surface area (TPSA) is 68.2 Å². The molecule has 2 heterocycles. The van der Waals surface area contributed by atoms with Gasteiger partial charge in [0.15, 0.2) is 5.82 Å². The third-order valence-electron chi connectivity index (χ3n) is 4.18. The summed E-state index contributed by atoms with van der Waals surface area (Å²) in [7, 11) is 0. The Bertz CT molecular complexity index is 569. The van der Waals surface area contributed by atoms with Crippen LogP contribution in [0.15, 0.2) is 34.9 Å². The van der Waals surface area contributed by atoms with Gasteiger partial charge in [0.25, 0.3) is 0 Å². The molecule has 1 aromatic carbocycles. The van der Waals surface area contributed by atoms with Gasteiger partial charge < -0.3 is 10.3 Å². The van der Waals surface area contributed by atoms with Crippen LogP contribution in [-0.2, 0) is 13.0 Å². The van der Waals surface area contributed by atoms with E-state index in [1.807, 2.05) is 18.2 Å². The van der Waals surface area contributed by atoms with E-state index in [4.69, 9.17) is 10.3 Å². The van der Waals surface area contributed by atoms with Crippen LogP contribution < -0.4 is 5.73 Å². The maximum absolute atomic E-state index is 5.76. The maximum atomic E-state index is 5.76. The van der Waals surface area contributed by atoms with E-state index in [0.29, 0.717) is 24.3 Å².